The molecule has 0 aliphatic carbocycles. The van der Waals surface area contributed by atoms with Crippen LogP contribution < -0.4 is 0 Å². The Morgan fingerprint density at radius 1 is 1.67 bits per heavy atom. The van der Waals surface area contributed by atoms with Crippen LogP contribution in [0.4, 0.5) is 0 Å². The highest BCUT2D eigenvalue weighted by Gasteiger charge is 2.40. The van der Waals surface area contributed by atoms with E-state index >= 15 is 0 Å². The average Bonchev–Trinajstić information content (AvgIpc) is 3.02. The lowest BCUT2D eigenvalue weighted by atomic mass is 10.2. The largest absolute Gasteiger partial charge is 0.480 e. The quantitative estimate of drug-likeness (QED) is 0.611. The third-order valence-electron chi connectivity index (χ3n) is 2.92. The highest BCUT2D eigenvalue weighted by Crippen LogP contribution is 2.34. The van der Waals surface area contributed by atoms with Crippen LogP contribution in [0.1, 0.15) is 12.1 Å². The summed E-state index contributed by atoms with van der Waals surface area (Å²) in [6.07, 6.45) is 5.71. The SMILES string of the molecule is CSCCC(C(=O)O)N1C(=O)C(=Cc2ccc[nH]2)SC1=S. The highest BCUT2D eigenvalue weighted by molar-refractivity contribution is 8.26. The first-order valence-corrected chi connectivity index (χ1v) is 8.78. The first-order valence-electron chi connectivity index (χ1n) is 6.16. The Labute approximate surface area is 136 Å². The smallest absolute Gasteiger partial charge is 0.326 e. The fraction of sp³-hybridized carbons (Fsp3) is 0.308. The number of carbonyl (C=O) groups excluding carboxylic acids is 1. The third kappa shape index (κ3) is 3.69. The molecule has 0 radical (unpaired) electrons. The number of aromatic amines is 1. The molecular formula is C13H14N2O3S3. The molecule has 8 heteroatoms. The summed E-state index contributed by atoms with van der Waals surface area (Å²) in [5, 5.41) is 9.34. The molecule has 0 aromatic carbocycles. The van der Waals surface area contributed by atoms with Crippen molar-refractivity contribution in [2.24, 2.45) is 0 Å². The Balaban J connectivity index is 2.22. The first kappa shape index (κ1) is 16.1. The number of rotatable bonds is 6. The van der Waals surface area contributed by atoms with Crippen LogP contribution in [-0.2, 0) is 9.59 Å². The summed E-state index contributed by atoms with van der Waals surface area (Å²) in [5.74, 6) is -0.710. The van der Waals surface area contributed by atoms with Crippen molar-refractivity contribution in [1.29, 1.82) is 0 Å². The van der Waals surface area contributed by atoms with Crippen LogP contribution in [0.15, 0.2) is 23.2 Å². The van der Waals surface area contributed by atoms with Crippen molar-refractivity contribution in [3.63, 3.8) is 0 Å². The molecule has 2 heterocycles. The van der Waals surface area contributed by atoms with Gasteiger partial charge in [0.2, 0.25) is 0 Å². The molecule has 1 aliphatic rings. The maximum absolute atomic E-state index is 12.4. The van der Waals surface area contributed by atoms with Gasteiger partial charge < -0.3 is 10.1 Å². The van der Waals surface area contributed by atoms with Gasteiger partial charge in [-0.25, -0.2) is 4.79 Å². The summed E-state index contributed by atoms with van der Waals surface area (Å²) in [5.41, 5.74) is 0.784. The zero-order valence-electron chi connectivity index (χ0n) is 11.2. The van der Waals surface area contributed by atoms with Gasteiger partial charge in [0.05, 0.1) is 4.91 Å². The Morgan fingerprint density at radius 3 is 3.00 bits per heavy atom. The van der Waals surface area contributed by atoms with Crippen molar-refractivity contribution in [1.82, 2.24) is 9.88 Å². The van der Waals surface area contributed by atoms with Crippen LogP contribution in [0.3, 0.4) is 0 Å². The third-order valence-corrected chi connectivity index (χ3v) is 4.90. The van der Waals surface area contributed by atoms with Gasteiger partial charge in [0.1, 0.15) is 10.4 Å². The van der Waals surface area contributed by atoms with E-state index in [0.29, 0.717) is 21.4 Å². The lowest BCUT2D eigenvalue weighted by Crippen LogP contribution is -2.44. The second-order valence-corrected chi connectivity index (χ2v) is 6.97. The molecule has 1 aliphatic heterocycles. The summed E-state index contributed by atoms with van der Waals surface area (Å²) >= 11 is 7.86. The van der Waals surface area contributed by atoms with E-state index in [4.69, 9.17) is 12.2 Å². The second kappa shape index (κ2) is 7.15. The van der Waals surface area contributed by atoms with Gasteiger partial charge in [-0.1, -0.05) is 24.0 Å². The van der Waals surface area contributed by atoms with E-state index in [1.54, 1.807) is 24.0 Å². The minimum Gasteiger partial charge on any atom is -0.480 e. The number of aliphatic carboxylic acids is 1. The molecule has 0 saturated carbocycles. The van der Waals surface area contributed by atoms with Gasteiger partial charge >= 0.3 is 5.97 Å². The Hall–Kier alpha value is -1.25. The number of aromatic nitrogens is 1. The Kier molecular flexibility index (Phi) is 5.49. The summed E-state index contributed by atoms with van der Waals surface area (Å²) in [7, 11) is 0. The molecule has 2 N–H and O–H groups in total. The van der Waals surface area contributed by atoms with Crippen molar-refractivity contribution in [3.8, 4) is 0 Å². The number of amides is 1. The van der Waals surface area contributed by atoms with E-state index in [1.807, 2.05) is 18.4 Å². The molecule has 0 spiro atoms. The lowest BCUT2D eigenvalue weighted by Gasteiger charge is -2.22. The van der Waals surface area contributed by atoms with E-state index in [2.05, 4.69) is 4.98 Å². The van der Waals surface area contributed by atoms with Crippen LogP contribution >= 0.6 is 35.7 Å². The summed E-state index contributed by atoms with van der Waals surface area (Å²) in [4.78, 5) is 28.5. The minimum absolute atomic E-state index is 0.298. The zero-order valence-corrected chi connectivity index (χ0v) is 13.7. The fourth-order valence-corrected chi connectivity index (χ4v) is 3.72. The van der Waals surface area contributed by atoms with E-state index < -0.39 is 12.0 Å². The molecule has 1 amide bonds. The second-order valence-electron chi connectivity index (χ2n) is 4.31. The zero-order chi connectivity index (χ0) is 15.4. The van der Waals surface area contributed by atoms with Crippen LogP contribution in [-0.4, -0.2) is 49.2 Å². The Bertz CT molecular complexity index is 583. The number of hydrogen-bond donors (Lipinski definition) is 2. The number of nitrogens with one attached hydrogen (secondary N) is 1. The summed E-state index contributed by atoms with van der Waals surface area (Å²) in [6, 6.07) is 2.75. The number of carbonyl (C=O) groups is 2. The molecule has 0 bridgehead atoms. The van der Waals surface area contributed by atoms with Gasteiger partial charge in [-0.3, -0.25) is 9.69 Å². The van der Waals surface area contributed by atoms with Crippen LogP contribution in [0.2, 0.25) is 0 Å². The first-order chi connectivity index (χ1) is 10.0. The van der Waals surface area contributed by atoms with E-state index in [9.17, 15) is 14.7 Å². The van der Waals surface area contributed by atoms with Crippen molar-refractivity contribution >= 4 is 58.0 Å². The van der Waals surface area contributed by atoms with Crippen molar-refractivity contribution in [2.75, 3.05) is 12.0 Å². The van der Waals surface area contributed by atoms with Gasteiger partial charge in [-0.05, 0) is 36.6 Å². The molecule has 1 fully saturated rings. The number of H-pyrrole nitrogens is 1. The standard InChI is InChI=1S/C13H14N2O3S3/c1-20-6-4-9(12(17)18)15-11(16)10(21-13(15)19)7-8-3-2-5-14-8/h2-3,5,7,9,14H,4,6H2,1H3,(H,17,18). The maximum Gasteiger partial charge on any atom is 0.326 e. The lowest BCUT2D eigenvalue weighted by molar-refractivity contribution is -0.145. The highest BCUT2D eigenvalue weighted by atomic mass is 32.2. The van der Waals surface area contributed by atoms with E-state index in [0.717, 1.165) is 17.5 Å². The Morgan fingerprint density at radius 2 is 2.43 bits per heavy atom. The van der Waals surface area contributed by atoms with Gasteiger partial charge in [-0.15, -0.1) is 0 Å². The summed E-state index contributed by atoms with van der Waals surface area (Å²) < 4.78 is 0.298. The van der Waals surface area contributed by atoms with E-state index in [1.165, 1.54) is 4.90 Å². The number of carboxylic acid groups (broad SMARTS) is 1. The maximum atomic E-state index is 12.4. The van der Waals surface area contributed by atoms with Crippen molar-refractivity contribution in [2.45, 2.75) is 12.5 Å². The molecule has 5 nitrogen and oxygen atoms in total. The number of thiocarbonyl (C=S) groups is 1. The minimum atomic E-state index is -1.03. The molecule has 21 heavy (non-hydrogen) atoms. The molecule has 1 aromatic rings. The van der Waals surface area contributed by atoms with Crippen LogP contribution in [0.25, 0.3) is 6.08 Å². The van der Waals surface area contributed by atoms with E-state index in [-0.39, 0.29) is 5.91 Å². The molecular weight excluding hydrogens is 328 g/mol. The number of hydrogen-bond acceptors (Lipinski definition) is 5. The monoisotopic (exact) mass is 342 g/mol. The number of nitrogens with zero attached hydrogens (tertiary/aromatic N) is 1. The summed E-state index contributed by atoms with van der Waals surface area (Å²) in [6.45, 7) is 0. The topological polar surface area (TPSA) is 73.4 Å². The van der Waals surface area contributed by atoms with Crippen molar-refractivity contribution < 1.29 is 14.7 Å². The molecule has 1 aromatic heterocycles. The molecule has 1 saturated heterocycles. The molecule has 2 rings (SSSR count). The van der Waals surface area contributed by atoms with Gasteiger partial charge in [0, 0.05) is 11.9 Å². The van der Waals surface area contributed by atoms with Gasteiger partial charge in [-0.2, -0.15) is 11.8 Å². The molecule has 1 unspecified atom stereocenters. The van der Waals surface area contributed by atoms with Crippen LogP contribution in [0.5, 0.6) is 0 Å². The predicted octanol–water partition coefficient (Wildman–Crippen LogP) is 2.42. The predicted molar refractivity (Wildman–Crippen MR) is 90.2 cm³/mol. The molecule has 1 atom stereocenters. The fourth-order valence-electron chi connectivity index (χ4n) is 1.92. The van der Waals surface area contributed by atoms with Gasteiger partial charge in [0.25, 0.3) is 5.91 Å². The van der Waals surface area contributed by atoms with Gasteiger partial charge in [0.15, 0.2) is 0 Å². The normalized spacial score (nSPS) is 18.5. The average molecular weight is 342 g/mol. The number of thioether (sulfide) groups is 2. The molecule has 112 valence electrons. The van der Waals surface area contributed by atoms with Crippen LogP contribution in [0, 0.1) is 0 Å². The number of carboxylic acids is 1. The van der Waals surface area contributed by atoms with Crippen molar-refractivity contribution in [3.05, 3.63) is 28.9 Å².